The molecule has 1 fully saturated rings. The molecule has 11 heteroatoms. The Labute approximate surface area is 215 Å². The molecule has 2 heterocycles. The van der Waals surface area contributed by atoms with Crippen LogP contribution in [0.15, 0.2) is 30.5 Å². The molecule has 1 aromatic carbocycles. The van der Waals surface area contributed by atoms with E-state index in [0.717, 1.165) is 16.5 Å². The highest BCUT2D eigenvalue weighted by Gasteiger charge is 2.40. The van der Waals surface area contributed by atoms with E-state index in [9.17, 15) is 29.4 Å². The fraction of sp³-hybridized carbons (Fsp3) is 0.538. The molecule has 37 heavy (non-hydrogen) atoms. The number of carbonyl (C=O) groups excluding carboxylic acids is 3. The number of para-hydroxylation sites is 1. The van der Waals surface area contributed by atoms with Crippen molar-refractivity contribution in [2.45, 2.75) is 76.7 Å². The van der Waals surface area contributed by atoms with E-state index >= 15 is 0 Å². The van der Waals surface area contributed by atoms with E-state index in [-0.39, 0.29) is 12.3 Å². The third kappa shape index (κ3) is 6.47. The molecule has 6 unspecified atom stereocenters. The number of aromatic amines is 1. The zero-order valence-electron chi connectivity index (χ0n) is 21.4. The van der Waals surface area contributed by atoms with Crippen molar-refractivity contribution >= 4 is 34.6 Å². The van der Waals surface area contributed by atoms with Crippen molar-refractivity contribution in [3.63, 3.8) is 0 Å². The van der Waals surface area contributed by atoms with E-state index in [1.54, 1.807) is 0 Å². The van der Waals surface area contributed by atoms with Crippen LogP contribution in [-0.4, -0.2) is 80.6 Å². The van der Waals surface area contributed by atoms with Gasteiger partial charge < -0.3 is 36.5 Å². The van der Waals surface area contributed by atoms with Gasteiger partial charge in [-0.3, -0.25) is 14.4 Å². The van der Waals surface area contributed by atoms with Crippen molar-refractivity contribution in [2.75, 3.05) is 6.54 Å². The summed E-state index contributed by atoms with van der Waals surface area (Å²) in [5.74, 6) is -3.13. The molecule has 0 saturated carbocycles. The number of fused-ring (bicyclic) bond motifs is 1. The maximum Gasteiger partial charge on any atom is 0.328 e. The number of aliphatic hydroxyl groups excluding tert-OH is 1. The van der Waals surface area contributed by atoms with Gasteiger partial charge in [-0.05, 0) is 43.7 Å². The lowest BCUT2D eigenvalue weighted by Crippen LogP contribution is -2.59. The van der Waals surface area contributed by atoms with Gasteiger partial charge in [0.05, 0.1) is 12.1 Å². The van der Waals surface area contributed by atoms with E-state index in [1.807, 2.05) is 44.3 Å². The van der Waals surface area contributed by atoms with Gasteiger partial charge in [0.1, 0.15) is 12.1 Å². The highest BCUT2D eigenvalue weighted by atomic mass is 16.4. The first kappa shape index (κ1) is 28.1. The van der Waals surface area contributed by atoms with E-state index in [2.05, 4.69) is 15.6 Å². The fourth-order valence-corrected chi connectivity index (χ4v) is 4.69. The van der Waals surface area contributed by atoms with E-state index in [4.69, 9.17) is 5.73 Å². The van der Waals surface area contributed by atoms with Crippen molar-refractivity contribution in [1.29, 1.82) is 0 Å². The summed E-state index contributed by atoms with van der Waals surface area (Å²) in [5.41, 5.74) is 8.07. The quantitative estimate of drug-likeness (QED) is 0.252. The second kappa shape index (κ2) is 12.2. The van der Waals surface area contributed by atoms with Crippen LogP contribution in [0, 0.1) is 5.92 Å². The van der Waals surface area contributed by atoms with Gasteiger partial charge in [-0.25, -0.2) is 4.79 Å². The number of carboxylic acids is 1. The number of hydrogen-bond donors (Lipinski definition) is 6. The molecule has 6 atom stereocenters. The number of nitrogens with two attached hydrogens (primary N) is 1. The average Bonchev–Trinajstić information content (AvgIpc) is 3.52. The number of aliphatic hydroxyl groups is 1. The number of carbonyl (C=O) groups is 4. The van der Waals surface area contributed by atoms with Gasteiger partial charge in [0.25, 0.3) is 0 Å². The lowest BCUT2D eigenvalue weighted by Gasteiger charge is -2.32. The highest BCUT2D eigenvalue weighted by molar-refractivity contribution is 5.95. The summed E-state index contributed by atoms with van der Waals surface area (Å²) >= 11 is 0. The van der Waals surface area contributed by atoms with Crippen LogP contribution in [0.2, 0.25) is 0 Å². The Balaban J connectivity index is 1.71. The van der Waals surface area contributed by atoms with Gasteiger partial charge >= 0.3 is 5.97 Å². The number of H-pyrrole nitrogens is 1. The van der Waals surface area contributed by atoms with Crippen molar-refractivity contribution in [2.24, 2.45) is 11.7 Å². The molecule has 3 amide bonds. The summed E-state index contributed by atoms with van der Waals surface area (Å²) in [4.78, 5) is 55.5. The number of nitrogens with one attached hydrogen (secondary N) is 3. The van der Waals surface area contributed by atoms with Crippen molar-refractivity contribution in [3.8, 4) is 0 Å². The number of nitrogens with zero attached hydrogens (tertiary/aromatic N) is 1. The molecular weight excluding hydrogens is 478 g/mol. The van der Waals surface area contributed by atoms with Gasteiger partial charge in [-0.15, -0.1) is 0 Å². The number of aliphatic carboxylic acids is 1. The first-order chi connectivity index (χ1) is 17.5. The second-order valence-corrected chi connectivity index (χ2v) is 9.80. The SMILES string of the molecule is CCC(C)C(NC(=O)C(N)Cc1c[nH]c2ccccc12)C(=O)N1CCCC1C(=O)NC(C(=O)O)C(C)O. The average molecular weight is 516 g/mol. The zero-order chi connectivity index (χ0) is 27.3. The van der Waals surface area contributed by atoms with Crippen molar-refractivity contribution in [3.05, 3.63) is 36.0 Å². The molecule has 0 radical (unpaired) electrons. The summed E-state index contributed by atoms with van der Waals surface area (Å²) in [6.07, 6.45) is 2.30. The summed E-state index contributed by atoms with van der Waals surface area (Å²) in [6.45, 7) is 5.31. The fourth-order valence-electron chi connectivity index (χ4n) is 4.69. The first-order valence-electron chi connectivity index (χ1n) is 12.7. The molecule has 1 aromatic heterocycles. The minimum Gasteiger partial charge on any atom is -0.480 e. The molecule has 1 saturated heterocycles. The number of hydrogen-bond acceptors (Lipinski definition) is 6. The first-order valence-corrected chi connectivity index (χ1v) is 12.7. The molecule has 3 rings (SSSR count). The van der Waals surface area contributed by atoms with Crippen LogP contribution in [0.3, 0.4) is 0 Å². The number of aromatic nitrogens is 1. The monoisotopic (exact) mass is 515 g/mol. The van der Waals surface area contributed by atoms with E-state index in [1.165, 1.54) is 11.8 Å². The van der Waals surface area contributed by atoms with Crippen LogP contribution in [0.1, 0.15) is 45.6 Å². The molecule has 0 bridgehead atoms. The number of carboxylic acid groups (broad SMARTS) is 1. The zero-order valence-corrected chi connectivity index (χ0v) is 21.4. The third-order valence-corrected chi connectivity index (χ3v) is 7.11. The number of likely N-dealkylation sites (tertiary alicyclic amines) is 1. The predicted octanol–water partition coefficient (Wildman–Crippen LogP) is 0.510. The maximum absolute atomic E-state index is 13.6. The Morgan fingerprint density at radius 1 is 1.16 bits per heavy atom. The molecule has 11 nitrogen and oxygen atoms in total. The van der Waals surface area contributed by atoms with E-state index < -0.39 is 54.0 Å². The van der Waals surface area contributed by atoms with Crippen LogP contribution >= 0.6 is 0 Å². The molecule has 1 aliphatic heterocycles. The van der Waals surface area contributed by atoms with Gasteiger partial charge in [-0.1, -0.05) is 38.5 Å². The minimum atomic E-state index is -1.49. The standard InChI is InChI=1S/C26H37N5O6/c1-4-14(2)21(29-23(33)18(27)12-16-13-28-19-9-6-5-8-17(16)19)25(35)31-11-7-10-20(31)24(34)30-22(15(3)32)26(36)37/h5-6,8-9,13-15,18,20-22,28,32H,4,7,10-12,27H2,1-3H3,(H,29,33)(H,30,34)(H,36,37). The lowest BCUT2D eigenvalue weighted by molar-refractivity contribution is -0.147. The van der Waals surface area contributed by atoms with Crippen LogP contribution in [-0.2, 0) is 25.6 Å². The summed E-state index contributed by atoms with van der Waals surface area (Å²) < 4.78 is 0. The molecule has 2 aromatic rings. The van der Waals surface area contributed by atoms with Gasteiger partial charge in [0.15, 0.2) is 6.04 Å². The summed E-state index contributed by atoms with van der Waals surface area (Å²) in [6, 6.07) is 3.54. The molecule has 1 aliphatic rings. The normalized spacial score (nSPS) is 19.6. The smallest absolute Gasteiger partial charge is 0.328 e. The number of benzene rings is 1. The van der Waals surface area contributed by atoms with Gasteiger partial charge in [0.2, 0.25) is 17.7 Å². The van der Waals surface area contributed by atoms with Crippen LogP contribution in [0.25, 0.3) is 10.9 Å². The van der Waals surface area contributed by atoms with Gasteiger partial charge in [0, 0.05) is 23.6 Å². The number of amides is 3. The topological polar surface area (TPSA) is 178 Å². The summed E-state index contributed by atoms with van der Waals surface area (Å²) in [5, 5.41) is 25.1. The van der Waals surface area contributed by atoms with Crippen LogP contribution < -0.4 is 16.4 Å². The minimum absolute atomic E-state index is 0.231. The highest BCUT2D eigenvalue weighted by Crippen LogP contribution is 2.23. The Morgan fingerprint density at radius 2 is 1.86 bits per heavy atom. The van der Waals surface area contributed by atoms with Crippen LogP contribution in [0.4, 0.5) is 0 Å². The Hall–Kier alpha value is -3.44. The lowest BCUT2D eigenvalue weighted by atomic mass is 9.96. The van der Waals surface area contributed by atoms with Gasteiger partial charge in [-0.2, -0.15) is 0 Å². The molecule has 0 aliphatic carbocycles. The molecule has 0 spiro atoms. The van der Waals surface area contributed by atoms with E-state index in [0.29, 0.717) is 25.8 Å². The Kier molecular flexibility index (Phi) is 9.28. The number of rotatable bonds is 11. The Morgan fingerprint density at radius 3 is 2.51 bits per heavy atom. The molecule has 7 N–H and O–H groups in total. The summed E-state index contributed by atoms with van der Waals surface area (Å²) in [7, 11) is 0. The third-order valence-electron chi connectivity index (χ3n) is 7.11. The molecular formula is C26H37N5O6. The Bertz CT molecular complexity index is 1130. The predicted molar refractivity (Wildman–Crippen MR) is 137 cm³/mol. The van der Waals surface area contributed by atoms with Crippen molar-refractivity contribution in [1.82, 2.24) is 20.5 Å². The van der Waals surface area contributed by atoms with Crippen molar-refractivity contribution < 1.29 is 29.4 Å². The second-order valence-electron chi connectivity index (χ2n) is 9.80. The molecule has 202 valence electrons. The maximum atomic E-state index is 13.6. The largest absolute Gasteiger partial charge is 0.480 e. The van der Waals surface area contributed by atoms with Crippen LogP contribution in [0.5, 0.6) is 0 Å².